The standard InChI is InChI=1S/C16H15N3O3S/c1-3-22-16(21)13-9(2)12-14(20)18-11(19-15(12)23-13)8-10-6-4-5-7-17-10/h4-7,12H,3,8H2,1-2H3. The van der Waals surface area contributed by atoms with Crippen LogP contribution < -0.4 is 0 Å². The van der Waals surface area contributed by atoms with Crippen molar-refractivity contribution in [2.24, 2.45) is 15.9 Å². The van der Waals surface area contributed by atoms with Crippen LogP contribution in [0.5, 0.6) is 0 Å². The van der Waals surface area contributed by atoms with Crippen molar-refractivity contribution in [3.63, 3.8) is 0 Å². The van der Waals surface area contributed by atoms with Crippen LogP contribution in [0, 0.1) is 5.92 Å². The number of amidine groups is 1. The molecule has 1 aromatic rings. The Morgan fingerprint density at radius 1 is 1.35 bits per heavy atom. The van der Waals surface area contributed by atoms with Crippen LogP contribution in [0.3, 0.4) is 0 Å². The molecular weight excluding hydrogens is 314 g/mol. The Morgan fingerprint density at radius 3 is 2.87 bits per heavy atom. The van der Waals surface area contributed by atoms with Crippen molar-refractivity contribution in [3.05, 3.63) is 40.6 Å². The average Bonchev–Trinajstić information content (AvgIpc) is 2.86. The molecule has 0 fully saturated rings. The van der Waals surface area contributed by atoms with E-state index in [1.807, 2.05) is 18.2 Å². The van der Waals surface area contributed by atoms with E-state index < -0.39 is 11.9 Å². The second-order valence-corrected chi connectivity index (χ2v) is 6.11. The third-order valence-electron chi connectivity index (χ3n) is 3.50. The number of carbonyl (C=O) groups is 2. The molecule has 1 amide bonds. The van der Waals surface area contributed by atoms with Gasteiger partial charge in [-0.2, -0.15) is 4.99 Å². The molecule has 7 heteroatoms. The molecule has 6 nitrogen and oxygen atoms in total. The minimum Gasteiger partial charge on any atom is -0.462 e. The number of nitrogens with zero attached hydrogens (tertiary/aromatic N) is 3. The van der Waals surface area contributed by atoms with Crippen LogP contribution in [0.25, 0.3) is 0 Å². The van der Waals surface area contributed by atoms with E-state index in [-0.39, 0.29) is 5.91 Å². The third kappa shape index (κ3) is 3.10. The van der Waals surface area contributed by atoms with Crippen molar-refractivity contribution in [2.75, 3.05) is 6.61 Å². The average molecular weight is 329 g/mol. The third-order valence-corrected chi connectivity index (χ3v) is 4.73. The fraction of sp³-hybridized carbons (Fsp3) is 0.312. The molecule has 2 aliphatic heterocycles. The van der Waals surface area contributed by atoms with Crippen LogP contribution in [-0.4, -0.2) is 34.3 Å². The first-order valence-electron chi connectivity index (χ1n) is 7.25. The Bertz CT molecular complexity index is 753. The molecule has 0 saturated heterocycles. The summed E-state index contributed by atoms with van der Waals surface area (Å²) in [6.07, 6.45) is 2.07. The molecule has 0 aromatic carbocycles. The summed E-state index contributed by atoms with van der Waals surface area (Å²) < 4.78 is 5.03. The highest BCUT2D eigenvalue weighted by Gasteiger charge is 2.40. The number of carbonyl (C=O) groups excluding carboxylic acids is 2. The van der Waals surface area contributed by atoms with Gasteiger partial charge in [0.2, 0.25) is 0 Å². The van der Waals surface area contributed by atoms with Gasteiger partial charge in [0, 0.05) is 11.9 Å². The minimum atomic E-state index is -0.549. The van der Waals surface area contributed by atoms with E-state index in [1.165, 1.54) is 11.8 Å². The van der Waals surface area contributed by atoms with Crippen LogP contribution >= 0.6 is 11.8 Å². The molecule has 1 aromatic heterocycles. The molecule has 2 aliphatic rings. The molecular formula is C16H15N3O3S. The van der Waals surface area contributed by atoms with Gasteiger partial charge in [0.15, 0.2) is 0 Å². The van der Waals surface area contributed by atoms with Crippen LogP contribution in [-0.2, 0) is 20.7 Å². The summed E-state index contributed by atoms with van der Waals surface area (Å²) in [4.78, 5) is 37.5. The number of hydrogen-bond acceptors (Lipinski definition) is 6. The number of fused-ring (bicyclic) bond motifs is 1. The summed E-state index contributed by atoms with van der Waals surface area (Å²) in [6, 6.07) is 5.55. The zero-order valence-electron chi connectivity index (χ0n) is 12.8. The first-order chi connectivity index (χ1) is 11.1. The van der Waals surface area contributed by atoms with E-state index in [0.717, 1.165) is 5.69 Å². The number of pyridine rings is 1. The van der Waals surface area contributed by atoms with Gasteiger partial charge in [0.1, 0.15) is 11.8 Å². The molecule has 1 atom stereocenters. The van der Waals surface area contributed by atoms with Crippen molar-refractivity contribution >= 4 is 34.5 Å². The molecule has 0 spiro atoms. The van der Waals surface area contributed by atoms with Crippen molar-refractivity contribution in [2.45, 2.75) is 20.3 Å². The molecule has 0 aliphatic carbocycles. The number of amides is 1. The lowest BCUT2D eigenvalue weighted by molar-refractivity contribution is -0.137. The molecule has 0 N–H and O–H groups in total. The molecule has 1 unspecified atom stereocenters. The summed E-state index contributed by atoms with van der Waals surface area (Å²) in [5, 5.41) is 0.594. The fourth-order valence-electron chi connectivity index (χ4n) is 2.43. The number of hydrogen-bond donors (Lipinski definition) is 0. The van der Waals surface area contributed by atoms with Gasteiger partial charge < -0.3 is 4.74 Å². The highest BCUT2D eigenvalue weighted by molar-refractivity contribution is 8.18. The Hall–Kier alpha value is -2.28. The topological polar surface area (TPSA) is 81.0 Å². The van der Waals surface area contributed by atoms with Gasteiger partial charge in [0.25, 0.3) is 5.91 Å². The van der Waals surface area contributed by atoms with E-state index in [4.69, 9.17) is 4.74 Å². The normalized spacial score (nSPS) is 20.1. The molecule has 3 heterocycles. The number of rotatable bonds is 4. The molecule has 0 saturated carbocycles. The Morgan fingerprint density at radius 2 is 2.17 bits per heavy atom. The Balaban J connectivity index is 1.83. The number of aromatic nitrogens is 1. The largest absolute Gasteiger partial charge is 0.462 e. The zero-order valence-corrected chi connectivity index (χ0v) is 13.6. The predicted molar refractivity (Wildman–Crippen MR) is 88.2 cm³/mol. The van der Waals surface area contributed by atoms with Crippen molar-refractivity contribution in [1.82, 2.24) is 4.98 Å². The van der Waals surface area contributed by atoms with E-state index in [0.29, 0.717) is 34.4 Å². The first-order valence-corrected chi connectivity index (χ1v) is 8.07. The van der Waals surface area contributed by atoms with Crippen LogP contribution in [0.4, 0.5) is 0 Å². The summed E-state index contributed by atoms with van der Waals surface area (Å²) in [7, 11) is 0. The summed E-state index contributed by atoms with van der Waals surface area (Å²) in [5.41, 5.74) is 1.46. The summed E-state index contributed by atoms with van der Waals surface area (Å²) in [6.45, 7) is 3.80. The number of esters is 1. The van der Waals surface area contributed by atoms with Gasteiger partial charge in [-0.1, -0.05) is 17.8 Å². The summed E-state index contributed by atoms with van der Waals surface area (Å²) in [5.74, 6) is -0.825. The molecule has 3 rings (SSSR count). The smallest absolute Gasteiger partial charge is 0.344 e. The highest BCUT2D eigenvalue weighted by atomic mass is 32.2. The van der Waals surface area contributed by atoms with Gasteiger partial charge >= 0.3 is 5.97 Å². The lowest BCUT2D eigenvalue weighted by atomic mass is 9.99. The van der Waals surface area contributed by atoms with E-state index in [2.05, 4.69) is 15.0 Å². The predicted octanol–water partition coefficient (Wildman–Crippen LogP) is 2.16. The van der Waals surface area contributed by atoms with Gasteiger partial charge in [-0.3, -0.25) is 9.78 Å². The lowest BCUT2D eigenvalue weighted by Crippen LogP contribution is -2.25. The van der Waals surface area contributed by atoms with E-state index >= 15 is 0 Å². The maximum atomic E-state index is 12.3. The number of ether oxygens (including phenoxy) is 1. The van der Waals surface area contributed by atoms with E-state index in [1.54, 1.807) is 20.0 Å². The molecule has 0 bridgehead atoms. The number of thioether (sulfide) groups is 1. The van der Waals surface area contributed by atoms with Crippen LogP contribution in [0.15, 0.2) is 44.9 Å². The van der Waals surface area contributed by atoms with Gasteiger partial charge in [-0.05, 0) is 31.6 Å². The molecule has 118 valence electrons. The molecule has 0 radical (unpaired) electrons. The Labute approximate surface area is 137 Å². The first kappa shape index (κ1) is 15.6. The number of aliphatic imine (C=N–C) groups is 2. The highest BCUT2D eigenvalue weighted by Crippen LogP contribution is 2.41. The van der Waals surface area contributed by atoms with E-state index in [9.17, 15) is 9.59 Å². The van der Waals surface area contributed by atoms with Crippen molar-refractivity contribution in [1.29, 1.82) is 0 Å². The molecule has 23 heavy (non-hydrogen) atoms. The van der Waals surface area contributed by atoms with Crippen molar-refractivity contribution < 1.29 is 14.3 Å². The zero-order chi connectivity index (χ0) is 16.4. The van der Waals surface area contributed by atoms with Crippen molar-refractivity contribution in [3.8, 4) is 0 Å². The fourth-order valence-corrected chi connectivity index (χ4v) is 3.60. The van der Waals surface area contributed by atoms with Gasteiger partial charge in [-0.15, -0.1) is 0 Å². The van der Waals surface area contributed by atoms with Gasteiger partial charge in [0.05, 0.1) is 23.0 Å². The SMILES string of the molecule is CCOC(=O)C1=C(C)C2C(=O)N=C(Cc3ccccn3)N=C2S1. The summed E-state index contributed by atoms with van der Waals surface area (Å²) >= 11 is 1.20. The maximum Gasteiger partial charge on any atom is 0.344 e. The maximum absolute atomic E-state index is 12.3. The second kappa shape index (κ2) is 6.45. The quantitative estimate of drug-likeness (QED) is 0.791. The second-order valence-electron chi connectivity index (χ2n) is 5.08. The lowest BCUT2D eigenvalue weighted by Gasteiger charge is -2.14. The minimum absolute atomic E-state index is 0.287. The Kier molecular flexibility index (Phi) is 4.38. The van der Waals surface area contributed by atoms with Gasteiger partial charge in [-0.25, -0.2) is 9.79 Å². The van der Waals surface area contributed by atoms with Crippen LogP contribution in [0.2, 0.25) is 0 Å². The van der Waals surface area contributed by atoms with Crippen LogP contribution in [0.1, 0.15) is 19.5 Å². The monoisotopic (exact) mass is 329 g/mol.